The zero-order valence-electron chi connectivity index (χ0n) is 5.85. The highest BCUT2D eigenvalue weighted by Gasteiger charge is 2.05. The monoisotopic (exact) mass is 158 g/mol. The smallest absolute Gasteiger partial charge is 0.129 e. The lowest BCUT2D eigenvalue weighted by molar-refractivity contribution is 0.454. The fourth-order valence-corrected chi connectivity index (χ4v) is 0.830. The number of alkyl halides is 2. The molecule has 11 heavy (non-hydrogen) atoms. The summed E-state index contributed by atoms with van der Waals surface area (Å²) in [5, 5.41) is 0. The normalized spacial score (nSPS) is 10.0. The minimum absolute atomic E-state index is 0.0719. The topological polar surface area (TPSA) is 38.9 Å². The van der Waals surface area contributed by atoms with Gasteiger partial charge in [0.1, 0.15) is 19.2 Å². The number of anilines is 1. The van der Waals surface area contributed by atoms with Gasteiger partial charge < -0.3 is 5.73 Å². The van der Waals surface area contributed by atoms with Gasteiger partial charge in [0.2, 0.25) is 0 Å². The predicted molar refractivity (Wildman–Crippen MR) is 38.3 cm³/mol. The van der Waals surface area contributed by atoms with Crippen molar-refractivity contribution in [1.82, 2.24) is 4.98 Å². The summed E-state index contributed by atoms with van der Waals surface area (Å²) in [6.07, 6.45) is 1.36. The summed E-state index contributed by atoms with van der Waals surface area (Å²) in [6, 6.07) is 1.42. The van der Waals surface area contributed by atoms with Crippen molar-refractivity contribution in [2.24, 2.45) is 0 Å². The molecule has 0 aliphatic rings. The molecule has 0 saturated carbocycles. The minimum atomic E-state index is -0.765. The van der Waals surface area contributed by atoms with Crippen molar-refractivity contribution in [1.29, 1.82) is 0 Å². The Kier molecular flexibility index (Phi) is 2.36. The zero-order chi connectivity index (χ0) is 8.27. The molecule has 0 saturated heterocycles. The third-order valence-electron chi connectivity index (χ3n) is 1.46. The van der Waals surface area contributed by atoms with Crippen LogP contribution in [-0.4, -0.2) is 4.98 Å². The maximum atomic E-state index is 12.1. The van der Waals surface area contributed by atoms with Crippen LogP contribution >= 0.6 is 0 Å². The lowest BCUT2D eigenvalue weighted by Crippen LogP contribution is -1.99. The number of pyridine rings is 1. The van der Waals surface area contributed by atoms with E-state index in [2.05, 4.69) is 4.98 Å². The molecule has 2 nitrogen and oxygen atoms in total. The molecule has 0 aliphatic heterocycles. The quantitative estimate of drug-likeness (QED) is 0.710. The first-order valence-electron chi connectivity index (χ1n) is 3.13. The van der Waals surface area contributed by atoms with Gasteiger partial charge >= 0.3 is 0 Å². The van der Waals surface area contributed by atoms with Gasteiger partial charge in [0.25, 0.3) is 0 Å². The van der Waals surface area contributed by atoms with E-state index in [4.69, 9.17) is 5.73 Å². The minimum Gasteiger partial charge on any atom is -0.383 e. The Labute approximate surface area is 63.1 Å². The Morgan fingerprint density at radius 1 is 1.36 bits per heavy atom. The summed E-state index contributed by atoms with van der Waals surface area (Å²) in [4.78, 5) is 3.63. The number of halogens is 2. The molecular formula is C7H8F2N2. The molecule has 0 aliphatic carbocycles. The summed E-state index contributed by atoms with van der Waals surface area (Å²) in [7, 11) is 0. The van der Waals surface area contributed by atoms with E-state index < -0.39 is 13.3 Å². The predicted octanol–water partition coefficient (Wildman–Crippen LogP) is 1.60. The third-order valence-corrected chi connectivity index (χ3v) is 1.46. The first kappa shape index (κ1) is 7.91. The molecule has 0 fully saturated rings. The van der Waals surface area contributed by atoms with Crippen molar-refractivity contribution in [3.63, 3.8) is 0 Å². The van der Waals surface area contributed by atoms with Crippen LogP contribution in [0.25, 0.3) is 0 Å². The van der Waals surface area contributed by atoms with E-state index in [-0.39, 0.29) is 16.9 Å². The van der Waals surface area contributed by atoms with Crippen molar-refractivity contribution < 1.29 is 8.78 Å². The van der Waals surface area contributed by atoms with Crippen molar-refractivity contribution >= 4 is 5.82 Å². The third kappa shape index (κ3) is 1.45. The van der Waals surface area contributed by atoms with E-state index in [1.54, 1.807) is 0 Å². The highest BCUT2D eigenvalue weighted by Crippen LogP contribution is 2.16. The summed E-state index contributed by atoms with van der Waals surface area (Å²) >= 11 is 0. The largest absolute Gasteiger partial charge is 0.383 e. The second-order valence-corrected chi connectivity index (χ2v) is 2.10. The average molecular weight is 158 g/mol. The summed E-state index contributed by atoms with van der Waals surface area (Å²) < 4.78 is 24.2. The maximum absolute atomic E-state index is 12.1. The Balaban J connectivity index is 3.13. The summed E-state index contributed by atoms with van der Waals surface area (Å²) in [5.41, 5.74) is 5.73. The fourth-order valence-electron chi connectivity index (χ4n) is 0.830. The van der Waals surface area contributed by atoms with Gasteiger partial charge in [-0.2, -0.15) is 0 Å². The van der Waals surface area contributed by atoms with E-state index in [1.165, 1.54) is 12.3 Å². The van der Waals surface area contributed by atoms with Gasteiger partial charge in [-0.15, -0.1) is 0 Å². The Bertz CT molecular complexity index is 250. The van der Waals surface area contributed by atoms with Crippen molar-refractivity contribution in [3.05, 3.63) is 23.4 Å². The lowest BCUT2D eigenvalue weighted by Gasteiger charge is -2.03. The molecule has 2 N–H and O–H groups in total. The van der Waals surface area contributed by atoms with Crippen LogP contribution in [0.2, 0.25) is 0 Å². The second kappa shape index (κ2) is 3.27. The number of nitrogens with zero attached hydrogens (tertiary/aromatic N) is 1. The molecule has 0 spiro atoms. The molecule has 1 aromatic heterocycles. The van der Waals surface area contributed by atoms with Crippen LogP contribution in [0.3, 0.4) is 0 Å². The van der Waals surface area contributed by atoms with Crippen molar-refractivity contribution in [2.45, 2.75) is 13.3 Å². The first-order valence-corrected chi connectivity index (χ1v) is 3.13. The zero-order valence-corrected chi connectivity index (χ0v) is 5.85. The van der Waals surface area contributed by atoms with Crippen molar-refractivity contribution in [2.75, 3.05) is 5.73 Å². The molecule has 1 rings (SSSR count). The Hall–Kier alpha value is -1.19. The number of aromatic nitrogens is 1. The molecule has 0 radical (unpaired) electrons. The van der Waals surface area contributed by atoms with Crippen molar-refractivity contribution in [3.8, 4) is 0 Å². The molecule has 0 amide bonds. The van der Waals surface area contributed by atoms with Gasteiger partial charge in [-0.1, -0.05) is 0 Å². The van der Waals surface area contributed by atoms with Gasteiger partial charge in [0.15, 0.2) is 0 Å². The van der Waals surface area contributed by atoms with Gasteiger partial charge in [-0.25, -0.2) is 13.8 Å². The molecule has 1 heterocycles. The molecule has 0 aromatic carbocycles. The number of nitrogens with two attached hydrogens (primary N) is 1. The van der Waals surface area contributed by atoms with Crippen LogP contribution in [0, 0.1) is 0 Å². The highest BCUT2D eigenvalue weighted by atomic mass is 19.1. The van der Waals surface area contributed by atoms with E-state index in [0.29, 0.717) is 0 Å². The number of rotatable bonds is 2. The van der Waals surface area contributed by atoms with Crippen LogP contribution < -0.4 is 5.73 Å². The number of hydrogen-bond donors (Lipinski definition) is 1. The molecular weight excluding hydrogens is 150 g/mol. The fraction of sp³-hybridized carbons (Fsp3) is 0.286. The van der Waals surface area contributed by atoms with Gasteiger partial charge in [-0.05, 0) is 11.6 Å². The summed E-state index contributed by atoms with van der Waals surface area (Å²) in [6.45, 7) is -1.47. The molecule has 60 valence electrons. The lowest BCUT2D eigenvalue weighted by atomic mass is 10.1. The van der Waals surface area contributed by atoms with Crippen LogP contribution in [0.5, 0.6) is 0 Å². The highest BCUT2D eigenvalue weighted by molar-refractivity contribution is 5.43. The Morgan fingerprint density at radius 2 is 2.09 bits per heavy atom. The van der Waals surface area contributed by atoms with E-state index in [0.717, 1.165) is 0 Å². The maximum Gasteiger partial charge on any atom is 0.129 e. The molecule has 4 heteroatoms. The van der Waals surface area contributed by atoms with Crippen LogP contribution in [0.15, 0.2) is 12.3 Å². The standard InChI is InChI=1S/C7H8F2N2/c8-3-5-1-2-11-7(10)6(5)4-9/h1-2H,3-4H2,(H2,10,11). The summed E-state index contributed by atoms with van der Waals surface area (Å²) in [5.74, 6) is 0.0719. The molecule has 0 atom stereocenters. The van der Waals surface area contributed by atoms with E-state index >= 15 is 0 Å². The van der Waals surface area contributed by atoms with E-state index in [1.807, 2.05) is 0 Å². The van der Waals surface area contributed by atoms with Gasteiger partial charge in [-0.3, -0.25) is 0 Å². The second-order valence-electron chi connectivity index (χ2n) is 2.10. The number of hydrogen-bond acceptors (Lipinski definition) is 2. The molecule has 0 bridgehead atoms. The van der Waals surface area contributed by atoms with Crippen LogP contribution in [0.1, 0.15) is 11.1 Å². The first-order chi connectivity index (χ1) is 5.29. The Morgan fingerprint density at radius 3 is 2.55 bits per heavy atom. The molecule has 0 unspecified atom stereocenters. The molecule has 1 aromatic rings. The average Bonchev–Trinajstić information content (AvgIpc) is 2.04. The van der Waals surface area contributed by atoms with Crippen LogP contribution in [-0.2, 0) is 13.3 Å². The van der Waals surface area contributed by atoms with Crippen LogP contribution in [0.4, 0.5) is 14.6 Å². The van der Waals surface area contributed by atoms with E-state index in [9.17, 15) is 8.78 Å². The van der Waals surface area contributed by atoms with Gasteiger partial charge in [0, 0.05) is 11.8 Å². The number of nitrogen functional groups attached to an aromatic ring is 1. The van der Waals surface area contributed by atoms with Gasteiger partial charge in [0.05, 0.1) is 0 Å². The SMILES string of the molecule is Nc1nccc(CF)c1CF.